The van der Waals surface area contributed by atoms with E-state index < -0.39 is 0 Å². The van der Waals surface area contributed by atoms with E-state index in [-0.39, 0.29) is 0 Å². The highest BCUT2D eigenvalue weighted by Gasteiger charge is 2.18. The van der Waals surface area contributed by atoms with Crippen LogP contribution >= 0.6 is 11.3 Å². The molecule has 5 heteroatoms. The molecule has 0 amide bonds. The fourth-order valence-corrected chi connectivity index (χ4v) is 2.86. The van der Waals surface area contributed by atoms with Gasteiger partial charge in [-0.2, -0.15) is 0 Å². The Hall–Kier alpha value is -1.17. The van der Waals surface area contributed by atoms with Crippen molar-refractivity contribution in [1.82, 2.24) is 10.1 Å². The van der Waals surface area contributed by atoms with Crippen molar-refractivity contribution in [3.63, 3.8) is 0 Å². The smallest absolute Gasteiger partial charge is 0.177 e. The second-order valence-electron chi connectivity index (χ2n) is 4.58. The van der Waals surface area contributed by atoms with Gasteiger partial charge in [0, 0.05) is 25.7 Å². The third kappa shape index (κ3) is 2.63. The second kappa shape index (κ2) is 5.22. The van der Waals surface area contributed by atoms with Gasteiger partial charge in [-0.25, -0.2) is 0 Å². The molecule has 1 saturated heterocycles. The van der Waals surface area contributed by atoms with Crippen molar-refractivity contribution in [2.75, 3.05) is 19.7 Å². The van der Waals surface area contributed by atoms with Gasteiger partial charge in [-0.05, 0) is 18.4 Å². The highest BCUT2D eigenvalue weighted by atomic mass is 32.1. The molecule has 1 aliphatic heterocycles. The standard InChI is InChI=1S/C13H16N2O2S/c1-10-8-15(4-5-16-10)9-11-7-12(17-14-11)13-3-2-6-18-13/h2-3,6-7,10H,4-5,8-9H2,1H3/t10-/m1/s1. The lowest BCUT2D eigenvalue weighted by atomic mass is 10.2. The summed E-state index contributed by atoms with van der Waals surface area (Å²) >= 11 is 1.67. The molecule has 0 unspecified atom stereocenters. The highest BCUT2D eigenvalue weighted by molar-refractivity contribution is 7.13. The Morgan fingerprint density at radius 2 is 2.50 bits per heavy atom. The van der Waals surface area contributed by atoms with Crippen LogP contribution in [0.25, 0.3) is 10.6 Å². The van der Waals surface area contributed by atoms with E-state index in [9.17, 15) is 0 Å². The first-order valence-electron chi connectivity index (χ1n) is 6.15. The van der Waals surface area contributed by atoms with Crippen molar-refractivity contribution in [3.05, 3.63) is 29.3 Å². The molecule has 96 valence electrons. The van der Waals surface area contributed by atoms with Gasteiger partial charge in [-0.1, -0.05) is 11.2 Å². The average molecular weight is 264 g/mol. The van der Waals surface area contributed by atoms with Crippen LogP contribution in [0, 0.1) is 0 Å². The van der Waals surface area contributed by atoms with Gasteiger partial charge in [0.05, 0.1) is 23.3 Å². The molecule has 0 spiro atoms. The van der Waals surface area contributed by atoms with Crippen molar-refractivity contribution in [2.45, 2.75) is 19.6 Å². The van der Waals surface area contributed by atoms with Gasteiger partial charge in [0.1, 0.15) is 0 Å². The zero-order chi connectivity index (χ0) is 12.4. The number of hydrogen-bond donors (Lipinski definition) is 0. The Bertz CT molecular complexity index is 495. The largest absolute Gasteiger partial charge is 0.376 e. The van der Waals surface area contributed by atoms with Crippen LogP contribution in [0.3, 0.4) is 0 Å². The first kappa shape index (κ1) is 11.9. The summed E-state index contributed by atoms with van der Waals surface area (Å²) in [6.45, 7) is 5.66. The van der Waals surface area contributed by atoms with Crippen molar-refractivity contribution in [1.29, 1.82) is 0 Å². The number of nitrogens with zero attached hydrogens (tertiary/aromatic N) is 2. The zero-order valence-electron chi connectivity index (χ0n) is 10.3. The number of hydrogen-bond acceptors (Lipinski definition) is 5. The average Bonchev–Trinajstić information content (AvgIpc) is 2.98. The number of ether oxygens (including phenoxy) is 1. The summed E-state index contributed by atoms with van der Waals surface area (Å²) < 4.78 is 10.9. The van der Waals surface area contributed by atoms with Gasteiger partial charge in [-0.3, -0.25) is 4.90 Å². The van der Waals surface area contributed by atoms with Crippen LogP contribution in [-0.4, -0.2) is 35.9 Å². The Labute approximate surface area is 110 Å². The zero-order valence-corrected chi connectivity index (χ0v) is 11.2. The van der Waals surface area contributed by atoms with Crippen LogP contribution in [-0.2, 0) is 11.3 Å². The Morgan fingerprint density at radius 1 is 1.56 bits per heavy atom. The molecule has 4 nitrogen and oxygen atoms in total. The topological polar surface area (TPSA) is 38.5 Å². The Kier molecular flexibility index (Phi) is 3.45. The predicted octanol–water partition coefficient (Wildman–Crippen LogP) is 2.62. The highest BCUT2D eigenvalue weighted by Crippen LogP contribution is 2.25. The molecule has 0 N–H and O–H groups in total. The third-order valence-corrected chi connectivity index (χ3v) is 3.92. The summed E-state index contributed by atoms with van der Waals surface area (Å²) in [5, 5.41) is 6.18. The van der Waals surface area contributed by atoms with Crippen molar-refractivity contribution >= 4 is 11.3 Å². The van der Waals surface area contributed by atoms with Gasteiger partial charge in [-0.15, -0.1) is 11.3 Å². The van der Waals surface area contributed by atoms with Crippen LogP contribution in [0.2, 0.25) is 0 Å². The molecular formula is C13H16N2O2S. The molecule has 18 heavy (non-hydrogen) atoms. The van der Waals surface area contributed by atoms with Gasteiger partial charge in [0.2, 0.25) is 0 Å². The molecule has 0 bridgehead atoms. The molecule has 0 aliphatic carbocycles. The van der Waals surface area contributed by atoms with E-state index in [1.54, 1.807) is 11.3 Å². The SMILES string of the molecule is C[C@@H]1CN(Cc2cc(-c3cccs3)on2)CCO1. The van der Waals surface area contributed by atoms with E-state index in [2.05, 4.69) is 17.0 Å². The van der Waals surface area contributed by atoms with Crippen molar-refractivity contribution in [2.24, 2.45) is 0 Å². The van der Waals surface area contributed by atoms with E-state index in [4.69, 9.17) is 9.26 Å². The minimum absolute atomic E-state index is 0.308. The lowest BCUT2D eigenvalue weighted by molar-refractivity contribution is -0.0218. The molecule has 1 aliphatic rings. The number of morpholine rings is 1. The van der Waals surface area contributed by atoms with Crippen molar-refractivity contribution < 1.29 is 9.26 Å². The minimum Gasteiger partial charge on any atom is -0.376 e. The molecule has 3 heterocycles. The number of thiophene rings is 1. The van der Waals surface area contributed by atoms with E-state index in [0.717, 1.165) is 42.6 Å². The molecule has 0 aromatic carbocycles. The summed E-state index contributed by atoms with van der Waals surface area (Å²) in [5.41, 5.74) is 0.993. The van der Waals surface area contributed by atoms with E-state index >= 15 is 0 Å². The van der Waals surface area contributed by atoms with E-state index in [0.29, 0.717) is 6.10 Å². The maximum atomic E-state index is 5.53. The molecule has 0 radical (unpaired) electrons. The molecule has 2 aromatic rings. The van der Waals surface area contributed by atoms with Crippen LogP contribution in [0.5, 0.6) is 0 Å². The van der Waals surface area contributed by atoms with Gasteiger partial charge in [0.15, 0.2) is 5.76 Å². The number of aromatic nitrogens is 1. The Morgan fingerprint density at radius 3 is 3.28 bits per heavy atom. The first-order valence-corrected chi connectivity index (χ1v) is 7.02. The quantitative estimate of drug-likeness (QED) is 0.854. The monoisotopic (exact) mass is 264 g/mol. The fraction of sp³-hybridized carbons (Fsp3) is 0.462. The third-order valence-electron chi connectivity index (χ3n) is 3.03. The van der Waals surface area contributed by atoms with Crippen LogP contribution in [0.4, 0.5) is 0 Å². The molecule has 1 atom stereocenters. The van der Waals surface area contributed by atoms with Gasteiger partial charge in [0.25, 0.3) is 0 Å². The van der Waals surface area contributed by atoms with Crippen LogP contribution in [0.15, 0.2) is 28.1 Å². The van der Waals surface area contributed by atoms with Crippen LogP contribution < -0.4 is 0 Å². The van der Waals surface area contributed by atoms with E-state index in [1.165, 1.54) is 0 Å². The van der Waals surface area contributed by atoms with E-state index in [1.807, 2.05) is 23.6 Å². The predicted molar refractivity (Wildman–Crippen MR) is 70.5 cm³/mol. The minimum atomic E-state index is 0.308. The summed E-state index contributed by atoms with van der Waals surface area (Å²) in [6.07, 6.45) is 0.308. The lowest BCUT2D eigenvalue weighted by Gasteiger charge is -2.30. The second-order valence-corrected chi connectivity index (χ2v) is 5.52. The van der Waals surface area contributed by atoms with Gasteiger partial charge < -0.3 is 9.26 Å². The maximum Gasteiger partial charge on any atom is 0.177 e. The Balaban J connectivity index is 1.66. The molecule has 3 rings (SSSR count). The molecule has 1 fully saturated rings. The molecule has 2 aromatic heterocycles. The summed E-state index contributed by atoms with van der Waals surface area (Å²) in [4.78, 5) is 3.48. The lowest BCUT2D eigenvalue weighted by Crippen LogP contribution is -2.40. The van der Waals surface area contributed by atoms with Gasteiger partial charge >= 0.3 is 0 Å². The first-order chi connectivity index (χ1) is 8.81. The fourth-order valence-electron chi connectivity index (χ4n) is 2.18. The normalized spacial score (nSPS) is 21.3. The van der Waals surface area contributed by atoms with Crippen LogP contribution in [0.1, 0.15) is 12.6 Å². The molecular weight excluding hydrogens is 248 g/mol. The van der Waals surface area contributed by atoms with Crippen molar-refractivity contribution in [3.8, 4) is 10.6 Å². The summed E-state index contributed by atoms with van der Waals surface area (Å²) in [7, 11) is 0. The number of rotatable bonds is 3. The summed E-state index contributed by atoms with van der Waals surface area (Å²) in [6, 6.07) is 6.10. The summed E-state index contributed by atoms with van der Waals surface area (Å²) in [5.74, 6) is 0.862. The molecule has 0 saturated carbocycles. The maximum absolute atomic E-state index is 5.53.